The standard InChI is InChI=1S/C36H50N4O9/c1-3-35(17-13-27(41)23-5-9-31(45)37-23,18-14-28(42)24-6-10-32(46)38-24)21-49-22-36(4-2,19-15-29(43)25-7-11-33(47)39-25)20-16-30(44)26-8-12-34(48)40-26/h1-2,23-26H,3-22H2,(H,37,45)(H,38,46)(H,39,47)(H,40,48). The van der Waals surface area contributed by atoms with Crippen molar-refractivity contribution in [1.82, 2.24) is 21.3 Å². The predicted octanol–water partition coefficient (Wildman–Crippen LogP) is 1.69. The maximum atomic E-state index is 13.0. The fourth-order valence-corrected chi connectivity index (χ4v) is 7.22. The second-order valence-corrected chi connectivity index (χ2v) is 14.4. The van der Waals surface area contributed by atoms with Crippen LogP contribution >= 0.6 is 0 Å². The van der Waals surface area contributed by atoms with Crippen molar-refractivity contribution in [2.75, 3.05) is 13.2 Å². The van der Waals surface area contributed by atoms with E-state index in [2.05, 4.69) is 21.3 Å². The van der Waals surface area contributed by atoms with E-state index in [1.165, 1.54) is 0 Å². The lowest BCUT2D eigenvalue weighted by atomic mass is 9.74. The third-order valence-corrected chi connectivity index (χ3v) is 10.8. The summed E-state index contributed by atoms with van der Waals surface area (Å²) in [5.41, 5.74) is -1.60. The van der Waals surface area contributed by atoms with E-state index in [1.54, 1.807) is 0 Å². The molecule has 49 heavy (non-hydrogen) atoms. The Balaban J connectivity index is 1.45. The summed E-state index contributed by atoms with van der Waals surface area (Å²) in [6, 6.07) is -2.25. The molecule has 4 unspecified atom stereocenters. The number of ketones is 4. The van der Waals surface area contributed by atoms with Gasteiger partial charge in [-0.3, -0.25) is 38.4 Å². The topological polar surface area (TPSA) is 194 Å². The summed E-state index contributed by atoms with van der Waals surface area (Å²) in [4.78, 5) is 99.0. The maximum Gasteiger partial charge on any atom is 0.220 e. The first-order valence-corrected chi connectivity index (χ1v) is 17.6. The number of rotatable bonds is 22. The van der Waals surface area contributed by atoms with Crippen molar-refractivity contribution >= 4 is 46.8 Å². The average molecular weight is 683 g/mol. The minimum absolute atomic E-state index is 0.0686. The van der Waals surface area contributed by atoms with Crippen molar-refractivity contribution < 1.29 is 43.1 Å². The highest BCUT2D eigenvalue weighted by Crippen LogP contribution is 2.39. The van der Waals surface area contributed by atoms with E-state index in [4.69, 9.17) is 18.6 Å². The van der Waals surface area contributed by atoms with Gasteiger partial charge in [-0.05, 0) is 88.9 Å². The molecule has 0 aliphatic carbocycles. The number of ether oxygens (including phenoxy) is 1. The first kappa shape index (κ1) is 38.3. The lowest BCUT2D eigenvalue weighted by Gasteiger charge is -2.37. The quantitative estimate of drug-likeness (QED) is 0.131. The molecule has 0 bridgehead atoms. The van der Waals surface area contributed by atoms with E-state index >= 15 is 0 Å². The third kappa shape index (κ3) is 10.8. The minimum Gasteiger partial charge on any atom is -0.380 e. The van der Waals surface area contributed by atoms with Crippen LogP contribution in [-0.2, 0) is 43.1 Å². The van der Waals surface area contributed by atoms with Crippen LogP contribution in [0.1, 0.15) is 116 Å². The first-order valence-electron chi connectivity index (χ1n) is 17.6. The zero-order chi connectivity index (χ0) is 35.6. The number of hydrogen-bond donors (Lipinski definition) is 4. The van der Waals surface area contributed by atoms with E-state index in [9.17, 15) is 38.4 Å². The summed E-state index contributed by atoms with van der Waals surface area (Å²) >= 11 is 0. The monoisotopic (exact) mass is 682 g/mol. The first-order chi connectivity index (χ1) is 23.4. The molecule has 0 aromatic heterocycles. The number of hydrogen-bond acceptors (Lipinski definition) is 9. The zero-order valence-electron chi connectivity index (χ0n) is 28.3. The SMILES string of the molecule is [CH]CC(CCC(=O)C1CCC(=O)N1)(CCC(=O)C1CCC(=O)N1)COCC(C[CH])(CCC(=O)C1CCC(=O)N1)CCC(=O)C1CCC(=O)N1. The summed E-state index contributed by atoms with van der Waals surface area (Å²) in [6.07, 6.45) is 4.71. The number of nitrogens with one attached hydrogen (secondary N) is 4. The van der Waals surface area contributed by atoms with Gasteiger partial charge in [0.1, 0.15) is 0 Å². The number of carbonyl (C=O) groups is 8. The summed E-state index contributed by atoms with van der Waals surface area (Å²) in [6.45, 7) is 12.8. The lowest BCUT2D eigenvalue weighted by Crippen LogP contribution is -2.38. The van der Waals surface area contributed by atoms with Crippen LogP contribution in [-0.4, -0.2) is 84.1 Å². The highest BCUT2D eigenvalue weighted by molar-refractivity contribution is 5.94. The van der Waals surface area contributed by atoms with Gasteiger partial charge < -0.3 is 26.0 Å². The molecular weight excluding hydrogens is 632 g/mol. The molecule has 0 aromatic carbocycles. The molecule has 4 saturated heterocycles. The van der Waals surface area contributed by atoms with E-state index in [-0.39, 0.29) is 124 Å². The number of amides is 4. The summed E-state index contributed by atoms with van der Waals surface area (Å²) < 4.78 is 6.36. The third-order valence-electron chi connectivity index (χ3n) is 10.8. The average Bonchev–Trinajstić information content (AvgIpc) is 3.92. The fourth-order valence-electron chi connectivity index (χ4n) is 7.22. The van der Waals surface area contributed by atoms with Crippen molar-refractivity contribution in [3.8, 4) is 0 Å². The van der Waals surface area contributed by atoms with Gasteiger partial charge in [0.25, 0.3) is 0 Å². The molecule has 4 atom stereocenters. The van der Waals surface area contributed by atoms with Gasteiger partial charge in [0, 0.05) is 51.4 Å². The molecule has 4 amide bonds. The molecule has 4 rings (SSSR count). The Hall–Kier alpha value is -3.48. The van der Waals surface area contributed by atoms with Crippen molar-refractivity contribution in [2.45, 2.75) is 140 Å². The largest absolute Gasteiger partial charge is 0.380 e. The van der Waals surface area contributed by atoms with Gasteiger partial charge in [0.15, 0.2) is 23.1 Å². The Morgan fingerprint density at radius 3 is 0.939 bits per heavy atom. The highest BCUT2D eigenvalue weighted by atomic mass is 16.5. The van der Waals surface area contributed by atoms with Gasteiger partial charge in [-0.2, -0.15) is 0 Å². The highest BCUT2D eigenvalue weighted by Gasteiger charge is 2.38. The molecule has 4 fully saturated rings. The number of Topliss-reactive ketones (excluding diaryl/α,β-unsaturated/α-hetero) is 4. The van der Waals surface area contributed by atoms with Gasteiger partial charge >= 0.3 is 0 Å². The molecule has 4 heterocycles. The van der Waals surface area contributed by atoms with Crippen LogP contribution < -0.4 is 21.3 Å². The van der Waals surface area contributed by atoms with Crippen molar-refractivity contribution in [3.63, 3.8) is 0 Å². The molecule has 4 aliphatic heterocycles. The van der Waals surface area contributed by atoms with E-state index in [0.29, 0.717) is 51.4 Å². The smallest absolute Gasteiger partial charge is 0.220 e. The molecule has 268 valence electrons. The minimum atomic E-state index is -0.801. The van der Waals surface area contributed by atoms with Gasteiger partial charge in [0.05, 0.1) is 37.4 Å². The van der Waals surface area contributed by atoms with Crippen LogP contribution in [0.3, 0.4) is 0 Å². The van der Waals surface area contributed by atoms with E-state index < -0.39 is 35.0 Å². The molecular formula is C36H50N4O9. The van der Waals surface area contributed by atoms with Gasteiger partial charge in [-0.15, -0.1) is 0 Å². The molecule has 13 nitrogen and oxygen atoms in total. The van der Waals surface area contributed by atoms with Crippen molar-refractivity contribution in [3.05, 3.63) is 13.8 Å². The van der Waals surface area contributed by atoms with Crippen LogP contribution in [0.2, 0.25) is 0 Å². The Morgan fingerprint density at radius 1 is 0.510 bits per heavy atom. The fraction of sp³-hybridized carbons (Fsp3) is 0.722. The van der Waals surface area contributed by atoms with E-state index in [1.807, 2.05) is 0 Å². The van der Waals surface area contributed by atoms with Crippen molar-refractivity contribution in [2.24, 2.45) is 10.8 Å². The molecule has 0 spiro atoms. The van der Waals surface area contributed by atoms with Gasteiger partial charge in [-0.25, -0.2) is 0 Å². The number of carbonyl (C=O) groups excluding carboxylic acids is 8. The Labute approximate surface area is 288 Å². The predicted molar refractivity (Wildman–Crippen MR) is 175 cm³/mol. The lowest BCUT2D eigenvalue weighted by molar-refractivity contribution is -0.126. The van der Waals surface area contributed by atoms with E-state index in [0.717, 1.165) is 0 Å². The second kappa shape index (κ2) is 17.4. The zero-order valence-corrected chi connectivity index (χ0v) is 28.3. The van der Waals surface area contributed by atoms with Crippen LogP contribution in [0.15, 0.2) is 0 Å². The van der Waals surface area contributed by atoms with Crippen LogP contribution in [0, 0.1) is 24.7 Å². The summed E-state index contributed by atoms with van der Waals surface area (Å²) in [7, 11) is 0. The summed E-state index contributed by atoms with van der Waals surface area (Å²) in [5.74, 6) is -1.16. The molecule has 4 aliphatic rings. The Morgan fingerprint density at radius 2 is 0.755 bits per heavy atom. The molecule has 4 N–H and O–H groups in total. The normalized spacial score (nSPS) is 26.0. The molecule has 0 saturated carbocycles. The second-order valence-electron chi connectivity index (χ2n) is 14.4. The Kier molecular flexibility index (Phi) is 13.6. The summed E-state index contributed by atoms with van der Waals surface area (Å²) in [5, 5.41) is 10.8. The van der Waals surface area contributed by atoms with Gasteiger partial charge in [0.2, 0.25) is 23.6 Å². The Bertz CT molecular complexity index is 1120. The van der Waals surface area contributed by atoms with Gasteiger partial charge in [-0.1, -0.05) is 0 Å². The molecule has 13 heteroatoms. The van der Waals surface area contributed by atoms with Crippen molar-refractivity contribution in [1.29, 1.82) is 0 Å². The van der Waals surface area contributed by atoms with Crippen LogP contribution in [0.4, 0.5) is 0 Å². The van der Waals surface area contributed by atoms with Crippen LogP contribution in [0.5, 0.6) is 0 Å². The maximum absolute atomic E-state index is 13.0. The van der Waals surface area contributed by atoms with Crippen LogP contribution in [0.25, 0.3) is 0 Å². The molecule has 0 aromatic rings. The molecule has 4 radical (unpaired) electrons.